The van der Waals surface area contributed by atoms with Crippen molar-refractivity contribution in [3.8, 4) is 0 Å². The molecule has 0 aliphatic rings. The van der Waals surface area contributed by atoms with E-state index < -0.39 is 0 Å². The van der Waals surface area contributed by atoms with Crippen LogP contribution in [0.4, 0.5) is 34.9 Å². The van der Waals surface area contributed by atoms with Crippen LogP contribution < -0.4 is 21.7 Å². The van der Waals surface area contributed by atoms with E-state index in [4.69, 9.17) is 5.73 Å². The van der Waals surface area contributed by atoms with E-state index in [1.165, 1.54) is 83.5 Å². The van der Waals surface area contributed by atoms with E-state index in [9.17, 15) is 0 Å². The van der Waals surface area contributed by atoms with Gasteiger partial charge in [-0.25, -0.2) is 0 Å². The van der Waals surface area contributed by atoms with E-state index in [0.29, 0.717) is 11.9 Å². The predicted molar refractivity (Wildman–Crippen MR) is 162 cm³/mol. The van der Waals surface area contributed by atoms with Gasteiger partial charge in [-0.05, 0) is 42.8 Å². The van der Waals surface area contributed by atoms with Gasteiger partial charge in [0.25, 0.3) is 0 Å². The molecule has 0 atom stereocenters. The Labute approximate surface area is 229 Å². The van der Waals surface area contributed by atoms with Gasteiger partial charge in [0.15, 0.2) is 0 Å². The molecule has 38 heavy (non-hydrogen) atoms. The number of unbranched alkanes of at least 4 members (excludes halogenated alkanes) is 13. The smallest absolute Gasteiger partial charge is 0.233 e. The molecule has 0 bridgehead atoms. The molecule has 5 N–H and O–H groups in total. The fraction of sp³-hybridized carbons (Fsp3) is 0.516. The van der Waals surface area contributed by atoms with Crippen LogP contribution in [-0.2, 0) is 0 Å². The average molecular weight is 518 g/mol. The second-order valence-corrected chi connectivity index (χ2v) is 10.1. The standard InChI is InChI=1S/C31H47N7/c1-2-3-4-5-6-7-8-9-10-11-12-13-14-18-25-33-30-36-29(32)37-31(38-30)35-28-23-21-27(22-24-28)34-26-19-16-15-17-20-26/h15-17,19-24,34H,2-14,18,25H2,1H3,(H4,32,33,35,36,37,38). The van der Waals surface area contributed by atoms with Gasteiger partial charge in [0.1, 0.15) is 0 Å². The van der Waals surface area contributed by atoms with Gasteiger partial charge < -0.3 is 21.7 Å². The number of aromatic nitrogens is 3. The fourth-order valence-corrected chi connectivity index (χ4v) is 4.50. The van der Waals surface area contributed by atoms with Gasteiger partial charge in [-0.15, -0.1) is 0 Å². The van der Waals surface area contributed by atoms with Crippen molar-refractivity contribution >= 4 is 34.9 Å². The number of nitrogens with one attached hydrogen (secondary N) is 3. The fourth-order valence-electron chi connectivity index (χ4n) is 4.50. The molecule has 0 saturated carbocycles. The summed E-state index contributed by atoms with van der Waals surface area (Å²) in [6, 6.07) is 18.1. The Morgan fingerprint density at radius 1 is 0.526 bits per heavy atom. The molecule has 3 aromatic rings. The molecule has 2 aromatic carbocycles. The summed E-state index contributed by atoms with van der Waals surface area (Å²) in [4.78, 5) is 12.9. The first kappa shape index (κ1) is 29.2. The third-order valence-corrected chi connectivity index (χ3v) is 6.67. The lowest BCUT2D eigenvalue weighted by Crippen LogP contribution is -2.10. The van der Waals surface area contributed by atoms with E-state index >= 15 is 0 Å². The Kier molecular flexibility index (Phi) is 13.8. The number of nitrogens with two attached hydrogens (primary N) is 1. The molecular formula is C31H47N7. The zero-order chi connectivity index (χ0) is 26.7. The third kappa shape index (κ3) is 12.3. The highest BCUT2D eigenvalue weighted by molar-refractivity contribution is 5.64. The third-order valence-electron chi connectivity index (χ3n) is 6.67. The molecular weight excluding hydrogens is 470 g/mol. The summed E-state index contributed by atoms with van der Waals surface area (Å²) in [6.45, 7) is 3.11. The normalized spacial score (nSPS) is 10.9. The summed E-state index contributed by atoms with van der Waals surface area (Å²) >= 11 is 0. The summed E-state index contributed by atoms with van der Waals surface area (Å²) < 4.78 is 0. The van der Waals surface area contributed by atoms with Gasteiger partial charge in [0.05, 0.1) is 0 Å². The molecule has 0 saturated heterocycles. The zero-order valence-corrected chi connectivity index (χ0v) is 23.2. The quantitative estimate of drug-likeness (QED) is 0.111. The van der Waals surface area contributed by atoms with Gasteiger partial charge >= 0.3 is 0 Å². The van der Waals surface area contributed by atoms with Crippen LogP contribution in [0.5, 0.6) is 0 Å². The second kappa shape index (κ2) is 18.0. The van der Waals surface area contributed by atoms with Crippen LogP contribution in [0.2, 0.25) is 0 Å². The number of rotatable bonds is 20. The Hall–Kier alpha value is -3.35. The van der Waals surface area contributed by atoms with Crippen molar-refractivity contribution in [3.63, 3.8) is 0 Å². The molecule has 1 heterocycles. The van der Waals surface area contributed by atoms with E-state index in [1.54, 1.807) is 0 Å². The molecule has 7 heteroatoms. The summed E-state index contributed by atoms with van der Waals surface area (Å²) in [6.07, 6.45) is 19.0. The number of nitrogens with zero attached hydrogens (tertiary/aromatic N) is 3. The minimum absolute atomic E-state index is 0.202. The lowest BCUT2D eigenvalue weighted by atomic mass is 10.0. The van der Waals surface area contributed by atoms with E-state index in [2.05, 4.69) is 37.8 Å². The van der Waals surface area contributed by atoms with Crippen molar-refractivity contribution in [1.82, 2.24) is 15.0 Å². The van der Waals surface area contributed by atoms with Crippen LogP contribution in [0.15, 0.2) is 54.6 Å². The second-order valence-electron chi connectivity index (χ2n) is 10.1. The minimum atomic E-state index is 0.202. The van der Waals surface area contributed by atoms with Gasteiger partial charge in [-0.3, -0.25) is 0 Å². The molecule has 0 radical (unpaired) electrons. The average Bonchev–Trinajstić information content (AvgIpc) is 2.92. The molecule has 206 valence electrons. The number of benzene rings is 2. The van der Waals surface area contributed by atoms with Crippen LogP contribution in [0.1, 0.15) is 96.8 Å². The molecule has 0 unspecified atom stereocenters. The maximum absolute atomic E-state index is 5.93. The highest BCUT2D eigenvalue weighted by Crippen LogP contribution is 2.21. The van der Waals surface area contributed by atoms with E-state index in [-0.39, 0.29) is 5.95 Å². The number of hydrogen-bond donors (Lipinski definition) is 4. The molecule has 0 aliphatic carbocycles. The first-order valence-corrected chi connectivity index (χ1v) is 14.7. The van der Waals surface area contributed by atoms with E-state index in [0.717, 1.165) is 30.0 Å². The summed E-state index contributed by atoms with van der Waals surface area (Å²) in [5.74, 6) is 1.15. The van der Waals surface area contributed by atoms with Crippen LogP contribution in [0, 0.1) is 0 Å². The highest BCUT2D eigenvalue weighted by Gasteiger charge is 2.05. The number of anilines is 6. The lowest BCUT2D eigenvalue weighted by Gasteiger charge is -2.10. The Morgan fingerprint density at radius 2 is 1.00 bits per heavy atom. The Balaban J connectivity index is 1.26. The van der Waals surface area contributed by atoms with Gasteiger partial charge in [-0.2, -0.15) is 15.0 Å². The SMILES string of the molecule is CCCCCCCCCCCCCCCCNc1nc(N)nc(Nc2ccc(Nc3ccccc3)cc2)n1. The van der Waals surface area contributed by atoms with Crippen LogP contribution >= 0.6 is 0 Å². The minimum Gasteiger partial charge on any atom is -0.368 e. The highest BCUT2D eigenvalue weighted by atomic mass is 15.2. The van der Waals surface area contributed by atoms with Gasteiger partial charge in [0.2, 0.25) is 17.8 Å². The maximum Gasteiger partial charge on any atom is 0.233 e. The molecule has 0 spiro atoms. The largest absolute Gasteiger partial charge is 0.368 e. The van der Waals surface area contributed by atoms with Crippen molar-refractivity contribution in [2.24, 2.45) is 0 Å². The van der Waals surface area contributed by atoms with Crippen molar-refractivity contribution in [1.29, 1.82) is 0 Å². The number of para-hydroxylation sites is 1. The lowest BCUT2D eigenvalue weighted by molar-refractivity contribution is 0.537. The van der Waals surface area contributed by atoms with Crippen molar-refractivity contribution in [2.45, 2.75) is 96.8 Å². The monoisotopic (exact) mass is 517 g/mol. The van der Waals surface area contributed by atoms with Crippen molar-refractivity contribution in [3.05, 3.63) is 54.6 Å². The summed E-state index contributed by atoms with van der Waals surface area (Å²) in [5, 5.41) is 9.90. The van der Waals surface area contributed by atoms with E-state index in [1.807, 2.05) is 54.6 Å². The van der Waals surface area contributed by atoms with Gasteiger partial charge in [0, 0.05) is 23.6 Å². The Bertz CT molecular complexity index is 1010. The molecule has 7 nitrogen and oxygen atoms in total. The molecule has 1 aromatic heterocycles. The maximum atomic E-state index is 5.93. The summed E-state index contributed by atoms with van der Waals surface area (Å²) in [5.41, 5.74) is 8.86. The molecule has 0 fully saturated rings. The molecule has 3 rings (SSSR count). The van der Waals surface area contributed by atoms with Crippen LogP contribution in [0.3, 0.4) is 0 Å². The van der Waals surface area contributed by atoms with Crippen LogP contribution in [-0.4, -0.2) is 21.5 Å². The number of hydrogen-bond acceptors (Lipinski definition) is 7. The zero-order valence-electron chi connectivity index (χ0n) is 23.2. The van der Waals surface area contributed by atoms with Gasteiger partial charge in [-0.1, -0.05) is 109 Å². The van der Waals surface area contributed by atoms with Crippen molar-refractivity contribution < 1.29 is 0 Å². The topological polar surface area (TPSA) is 101 Å². The first-order chi connectivity index (χ1) is 18.7. The van der Waals surface area contributed by atoms with Crippen molar-refractivity contribution in [2.75, 3.05) is 28.2 Å². The number of nitrogen functional groups attached to an aromatic ring is 1. The Morgan fingerprint density at radius 3 is 1.58 bits per heavy atom. The summed E-state index contributed by atoms with van der Waals surface area (Å²) in [7, 11) is 0. The predicted octanol–water partition coefficient (Wildman–Crippen LogP) is 8.83. The van der Waals surface area contributed by atoms with Crippen LogP contribution in [0.25, 0.3) is 0 Å². The molecule has 0 aliphatic heterocycles. The molecule has 0 amide bonds. The first-order valence-electron chi connectivity index (χ1n) is 14.7.